The molecule has 4 rings (SSSR count). The molecule has 1 saturated heterocycles. The number of amides is 1. The van der Waals surface area contributed by atoms with E-state index in [-0.39, 0.29) is 29.3 Å². The second-order valence-electron chi connectivity index (χ2n) is 8.79. The van der Waals surface area contributed by atoms with Gasteiger partial charge in [0.25, 0.3) is 5.91 Å². The number of thiazole rings is 1. The number of rotatable bonds is 9. The van der Waals surface area contributed by atoms with E-state index in [4.69, 9.17) is 16.3 Å². The van der Waals surface area contributed by atoms with E-state index in [9.17, 15) is 13.2 Å². The first-order valence-electron chi connectivity index (χ1n) is 11.4. The molecule has 36 heavy (non-hydrogen) atoms. The standard InChI is InChI=1S/C24H29ClN4O4S2.ClH/c1-27(2)13-14-29(24-26-22-20(25)7-4-8-21(22)34-24)23(30)17-9-11-19(12-10-17)35(31,32)28(3)16-18-6-5-15-33-18;/h4,7-12,18H,5-6,13-16H2,1-3H3;1H. The van der Waals surface area contributed by atoms with E-state index >= 15 is 0 Å². The number of benzene rings is 2. The zero-order valence-corrected chi connectivity index (χ0v) is 23.6. The summed E-state index contributed by atoms with van der Waals surface area (Å²) in [4.78, 5) is 21.9. The maximum absolute atomic E-state index is 13.5. The third-order valence-electron chi connectivity index (χ3n) is 5.90. The van der Waals surface area contributed by atoms with Crippen LogP contribution >= 0.6 is 35.3 Å². The summed E-state index contributed by atoms with van der Waals surface area (Å²) in [6, 6.07) is 11.6. The monoisotopic (exact) mass is 572 g/mol. The highest BCUT2D eigenvalue weighted by atomic mass is 35.5. The van der Waals surface area contributed by atoms with Crippen molar-refractivity contribution in [3.63, 3.8) is 0 Å². The van der Waals surface area contributed by atoms with Crippen LogP contribution in [0.25, 0.3) is 10.2 Å². The number of sulfonamides is 1. The Morgan fingerprint density at radius 2 is 1.86 bits per heavy atom. The Labute approximate surface area is 227 Å². The van der Waals surface area contributed by atoms with Gasteiger partial charge in [0.2, 0.25) is 10.0 Å². The summed E-state index contributed by atoms with van der Waals surface area (Å²) in [6.07, 6.45) is 1.72. The Morgan fingerprint density at radius 1 is 1.14 bits per heavy atom. The quantitative estimate of drug-likeness (QED) is 0.378. The highest BCUT2D eigenvalue weighted by Gasteiger charge is 2.27. The Balaban J connectivity index is 0.00000361. The number of halogens is 2. The van der Waals surface area contributed by atoms with Gasteiger partial charge >= 0.3 is 0 Å². The summed E-state index contributed by atoms with van der Waals surface area (Å²) in [6.45, 7) is 2.03. The Morgan fingerprint density at radius 3 is 2.47 bits per heavy atom. The van der Waals surface area contributed by atoms with Gasteiger partial charge in [-0.15, -0.1) is 12.4 Å². The second-order valence-corrected chi connectivity index (χ2v) is 12.2. The summed E-state index contributed by atoms with van der Waals surface area (Å²) in [5, 5.41) is 1.08. The number of carbonyl (C=O) groups is 1. The molecular weight excluding hydrogens is 543 g/mol. The van der Waals surface area contributed by atoms with Gasteiger partial charge in [0, 0.05) is 38.9 Å². The molecule has 1 fully saturated rings. The maximum Gasteiger partial charge on any atom is 0.260 e. The molecule has 1 unspecified atom stereocenters. The third-order valence-corrected chi connectivity index (χ3v) is 9.09. The maximum atomic E-state index is 13.5. The topological polar surface area (TPSA) is 83.1 Å². The number of aromatic nitrogens is 1. The van der Waals surface area contributed by atoms with Crippen LogP contribution in [0.15, 0.2) is 47.4 Å². The first kappa shape index (κ1) is 28.8. The minimum Gasteiger partial charge on any atom is -0.377 e. The predicted octanol–water partition coefficient (Wildman–Crippen LogP) is 4.38. The zero-order chi connectivity index (χ0) is 25.2. The Bertz CT molecular complexity index is 1290. The van der Waals surface area contributed by atoms with Crippen molar-refractivity contribution >= 4 is 66.6 Å². The summed E-state index contributed by atoms with van der Waals surface area (Å²) >= 11 is 7.70. The molecular formula is C24H30Cl2N4O4S2. The van der Waals surface area contributed by atoms with Gasteiger partial charge in [0.05, 0.1) is 20.7 Å². The van der Waals surface area contributed by atoms with Crippen molar-refractivity contribution in [1.82, 2.24) is 14.2 Å². The van der Waals surface area contributed by atoms with Gasteiger partial charge in [-0.05, 0) is 63.3 Å². The largest absolute Gasteiger partial charge is 0.377 e. The molecule has 0 saturated carbocycles. The number of fused-ring (bicyclic) bond motifs is 1. The van der Waals surface area contributed by atoms with Crippen LogP contribution in [0, 0.1) is 0 Å². The molecule has 8 nitrogen and oxygen atoms in total. The molecule has 1 aliphatic heterocycles. The lowest BCUT2D eigenvalue weighted by Gasteiger charge is -2.22. The molecule has 0 spiro atoms. The van der Waals surface area contributed by atoms with E-state index in [0.717, 1.165) is 17.5 Å². The number of hydrogen-bond acceptors (Lipinski definition) is 7. The first-order chi connectivity index (χ1) is 16.7. The lowest BCUT2D eigenvalue weighted by Crippen LogP contribution is -2.37. The molecule has 12 heteroatoms. The Hall–Kier alpha value is -1.79. The van der Waals surface area contributed by atoms with Crippen molar-refractivity contribution in [2.45, 2.75) is 23.8 Å². The van der Waals surface area contributed by atoms with Crippen LogP contribution in [0.1, 0.15) is 23.2 Å². The van der Waals surface area contributed by atoms with Crippen LogP contribution in [0.5, 0.6) is 0 Å². The minimum atomic E-state index is -3.69. The summed E-state index contributed by atoms with van der Waals surface area (Å²) in [5.41, 5.74) is 1.04. The fourth-order valence-electron chi connectivity index (χ4n) is 3.88. The summed E-state index contributed by atoms with van der Waals surface area (Å²) in [7, 11) is 1.74. The number of anilines is 1. The van der Waals surface area contributed by atoms with E-state index in [0.29, 0.717) is 47.5 Å². The molecule has 1 atom stereocenters. The molecule has 0 radical (unpaired) electrons. The number of ether oxygens (including phenoxy) is 1. The summed E-state index contributed by atoms with van der Waals surface area (Å²) in [5.74, 6) is -0.251. The first-order valence-corrected chi connectivity index (χ1v) is 14.0. The van der Waals surface area contributed by atoms with Crippen LogP contribution in [0.2, 0.25) is 5.02 Å². The van der Waals surface area contributed by atoms with Gasteiger partial charge in [-0.25, -0.2) is 13.4 Å². The van der Waals surface area contributed by atoms with Gasteiger partial charge < -0.3 is 9.64 Å². The van der Waals surface area contributed by atoms with E-state index in [1.807, 2.05) is 31.1 Å². The van der Waals surface area contributed by atoms with Crippen molar-refractivity contribution in [3.8, 4) is 0 Å². The van der Waals surface area contributed by atoms with Crippen molar-refractivity contribution in [1.29, 1.82) is 0 Å². The van der Waals surface area contributed by atoms with Crippen molar-refractivity contribution in [3.05, 3.63) is 53.1 Å². The highest BCUT2D eigenvalue weighted by molar-refractivity contribution is 7.89. The lowest BCUT2D eigenvalue weighted by molar-refractivity contribution is 0.0978. The lowest BCUT2D eigenvalue weighted by atomic mass is 10.2. The van der Waals surface area contributed by atoms with Gasteiger partial charge in [-0.1, -0.05) is 29.0 Å². The van der Waals surface area contributed by atoms with Gasteiger partial charge in [0.15, 0.2) is 5.13 Å². The Kier molecular flexibility index (Phi) is 9.73. The van der Waals surface area contributed by atoms with E-state index < -0.39 is 10.0 Å². The molecule has 2 aromatic carbocycles. The van der Waals surface area contributed by atoms with Crippen LogP contribution in [-0.2, 0) is 14.8 Å². The number of para-hydroxylation sites is 1. The minimum absolute atomic E-state index is 0. The highest BCUT2D eigenvalue weighted by Crippen LogP contribution is 2.33. The van der Waals surface area contributed by atoms with Crippen molar-refractivity contribution in [2.24, 2.45) is 0 Å². The van der Waals surface area contributed by atoms with Gasteiger partial charge in [-0.2, -0.15) is 4.31 Å². The number of carbonyl (C=O) groups excluding carboxylic acids is 1. The van der Waals surface area contributed by atoms with Crippen LogP contribution < -0.4 is 4.90 Å². The number of likely N-dealkylation sites (N-methyl/N-ethyl adjacent to an activating group) is 2. The van der Waals surface area contributed by atoms with Crippen molar-refractivity contribution in [2.75, 3.05) is 52.3 Å². The van der Waals surface area contributed by atoms with E-state index in [1.54, 1.807) is 30.1 Å². The van der Waals surface area contributed by atoms with Gasteiger partial charge in [0.1, 0.15) is 5.52 Å². The fraction of sp³-hybridized carbons (Fsp3) is 0.417. The molecule has 3 aromatic rings. The molecule has 1 aromatic heterocycles. The molecule has 0 bridgehead atoms. The van der Waals surface area contributed by atoms with E-state index in [2.05, 4.69) is 4.98 Å². The SMILES string of the molecule is CN(C)CCN(C(=O)c1ccc(S(=O)(=O)N(C)CC2CCCO2)cc1)c1nc2c(Cl)cccc2s1.Cl. The summed E-state index contributed by atoms with van der Waals surface area (Å²) < 4.78 is 33.8. The van der Waals surface area contributed by atoms with Crippen LogP contribution in [-0.4, -0.2) is 82.0 Å². The third kappa shape index (κ3) is 6.36. The van der Waals surface area contributed by atoms with Crippen LogP contribution in [0.4, 0.5) is 5.13 Å². The van der Waals surface area contributed by atoms with Gasteiger partial charge in [-0.3, -0.25) is 9.69 Å². The normalized spacial score (nSPS) is 16.0. The smallest absolute Gasteiger partial charge is 0.260 e. The van der Waals surface area contributed by atoms with E-state index in [1.165, 1.54) is 27.8 Å². The molecule has 1 amide bonds. The number of hydrogen-bond donors (Lipinski definition) is 0. The van der Waals surface area contributed by atoms with Crippen molar-refractivity contribution < 1.29 is 17.9 Å². The zero-order valence-electron chi connectivity index (χ0n) is 20.4. The number of nitrogens with zero attached hydrogens (tertiary/aromatic N) is 4. The molecule has 2 heterocycles. The average Bonchev–Trinajstić information content (AvgIpc) is 3.49. The molecule has 1 aliphatic rings. The predicted molar refractivity (Wildman–Crippen MR) is 147 cm³/mol. The second kappa shape index (κ2) is 12.2. The molecule has 0 aliphatic carbocycles. The van der Waals surface area contributed by atoms with Crippen LogP contribution in [0.3, 0.4) is 0 Å². The fourth-order valence-corrected chi connectivity index (χ4v) is 6.37. The molecule has 196 valence electrons. The average molecular weight is 574 g/mol. The molecule has 0 N–H and O–H groups in total.